The molecule has 0 aliphatic rings. The number of benzene rings is 1. The van der Waals surface area contributed by atoms with Gasteiger partial charge in [-0.25, -0.2) is 8.42 Å². The van der Waals surface area contributed by atoms with Crippen LogP contribution in [0.15, 0.2) is 24.3 Å². The van der Waals surface area contributed by atoms with Crippen molar-refractivity contribution in [3.05, 3.63) is 29.8 Å². The van der Waals surface area contributed by atoms with Crippen molar-refractivity contribution in [1.29, 1.82) is 0 Å². The fraction of sp³-hybridized carbons (Fsp3) is 0.417. The Kier molecular flexibility index (Phi) is 4.28. The lowest BCUT2D eigenvalue weighted by Crippen LogP contribution is -2.23. The smallest absolute Gasteiger partial charge is 0.181 e. The highest BCUT2D eigenvalue weighted by molar-refractivity contribution is 7.92. The van der Waals surface area contributed by atoms with Gasteiger partial charge in [-0.1, -0.05) is 12.1 Å². The van der Waals surface area contributed by atoms with Gasteiger partial charge in [0, 0.05) is 0 Å². The van der Waals surface area contributed by atoms with Gasteiger partial charge in [0.1, 0.15) is 11.5 Å². The Labute approximate surface area is 102 Å². The van der Waals surface area contributed by atoms with E-state index in [-0.39, 0.29) is 0 Å². The molecular formula is C12H16O4S. The summed E-state index contributed by atoms with van der Waals surface area (Å²) in [7, 11) is -1.93. The Morgan fingerprint density at radius 1 is 1.29 bits per heavy atom. The van der Waals surface area contributed by atoms with E-state index in [0.717, 1.165) is 0 Å². The Hall–Kier alpha value is -1.36. The van der Waals surface area contributed by atoms with Crippen LogP contribution in [-0.2, 0) is 9.84 Å². The summed E-state index contributed by atoms with van der Waals surface area (Å²) < 4.78 is 28.3. The minimum absolute atomic E-state index is 0.305. The summed E-state index contributed by atoms with van der Waals surface area (Å²) in [4.78, 5) is 11.9. The van der Waals surface area contributed by atoms with Gasteiger partial charge in [0.15, 0.2) is 15.6 Å². The number of rotatable bonds is 5. The van der Waals surface area contributed by atoms with Crippen molar-refractivity contribution in [3.8, 4) is 5.75 Å². The number of ether oxygens (including phenoxy) is 1. The largest absolute Gasteiger partial charge is 0.496 e. The molecule has 0 aliphatic carbocycles. The van der Waals surface area contributed by atoms with Crippen molar-refractivity contribution >= 4 is 15.6 Å². The molecule has 4 nitrogen and oxygen atoms in total. The Morgan fingerprint density at radius 2 is 1.88 bits per heavy atom. The standard InChI is InChI=1S/C12H16O4S/c1-9(2)17(14,15)8-11(13)10-6-4-5-7-12(10)16-3/h4-7,9H,8H2,1-3H3. The first-order valence-corrected chi connectivity index (χ1v) is 6.98. The number of Topliss-reactive ketones (excluding diaryl/α,β-unsaturated/α-hetero) is 1. The molecule has 0 unspecified atom stereocenters. The maximum atomic E-state index is 11.9. The molecule has 17 heavy (non-hydrogen) atoms. The van der Waals surface area contributed by atoms with Gasteiger partial charge in [0.25, 0.3) is 0 Å². The second-order valence-electron chi connectivity index (χ2n) is 3.98. The van der Waals surface area contributed by atoms with Gasteiger partial charge in [-0.15, -0.1) is 0 Å². The molecule has 0 spiro atoms. The SMILES string of the molecule is COc1ccccc1C(=O)CS(=O)(=O)C(C)C. The normalized spacial score (nSPS) is 11.5. The third-order valence-electron chi connectivity index (χ3n) is 2.46. The average molecular weight is 256 g/mol. The number of hydrogen-bond donors (Lipinski definition) is 0. The van der Waals surface area contributed by atoms with E-state index in [1.165, 1.54) is 7.11 Å². The summed E-state index contributed by atoms with van der Waals surface area (Å²) in [6.45, 7) is 3.12. The summed E-state index contributed by atoms with van der Waals surface area (Å²) in [5.41, 5.74) is 0.305. The minimum Gasteiger partial charge on any atom is -0.496 e. The zero-order valence-corrected chi connectivity index (χ0v) is 11.0. The van der Waals surface area contributed by atoms with E-state index in [0.29, 0.717) is 11.3 Å². The van der Waals surface area contributed by atoms with Crippen molar-refractivity contribution in [3.63, 3.8) is 0 Å². The van der Waals surface area contributed by atoms with Crippen LogP contribution < -0.4 is 4.74 Å². The van der Waals surface area contributed by atoms with Crippen LogP contribution in [0, 0.1) is 0 Å². The van der Waals surface area contributed by atoms with Gasteiger partial charge >= 0.3 is 0 Å². The fourth-order valence-corrected chi connectivity index (χ4v) is 2.16. The molecule has 1 aromatic carbocycles. The first-order chi connectivity index (χ1) is 7.88. The van der Waals surface area contributed by atoms with Crippen LogP contribution in [0.2, 0.25) is 0 Å². The quantitative estimate of drug-likeness (QED) is 0.752. The molecule has 0 aliphatic heterocycles. The number of sulfone groups is 1. The predicted molar refractivity (Wildman–Crippen MR) is 66.2 cm³/mol. The number of hydrogen-bond acceptors (Lipinski definition) is 4. The van der Waals surface area contributed by atoms with Crippen molar-refractivity contribution in [2.45, 2.75) is 19.1 Å². The predicted octanol–water partition coefficient (Wildman–Crippen LogP) is 1.70. The zero-order chi connectivity index (χ0) is 13.1. The summed E-state index contributed by atoms with van der Waals surface area (Å²) in [5, 5.41) is -0.554. The summed E-state index contributed by atoms with van der Waals surface area (Å²) in [5.74, 6) is -0.516. The van der Waals surface area contributed by atoms with E-state index in [1.54, 1.807) is 38.1 Å². The highest BCUT2D eigenvalue weighted by atomic mass is 32.2. The fourth-order valence-electron chi connectivity index (χ4n) is 1.30. The van der Waals surface area contributed by atoms with Crippen LogP contribution in [-0.4, -0.2) is 32.3 Å². The Morgan fingerprint density at radius 3 is 2.41 bits per heavy atom. The Balaban J connectivity index is 2.99. The van der Waals surface area contributed by atoms with Gasteiger partial charge in [0.05, 0.1) is 17.9 Å². The second kappa shape index (κ2) is 5.31. The highest BCUT2D eigenvalue weighted by Gasteiger charge is 2.23. The molecule has 0 heterocycles. The first kappa shape index (κ1) is 13.7. The zero-order valence-electron chi connectivity index (χ0n) is 10.1. The molecule has 5 heteroatoms. The molecule has 0 saturated heterocycles. The molecule has 94 valence electrons. The lowest BCUT2D eigenvalue weighted by Gasteiger charge is -2.09. The van der Waals surface area contributed by atoms with E-state index in [9.17, 15) is 13.2 Å². The molecule has 0 aromatic heterocycles. The van der Waals surface area contributed by atoms with Gasteiger partial charge < -0.3 is 4.74 Å². The lowest BCUT2D eigenvalue weighted by atomic mass is 10.1. The van der Waals surface area contributed by atoms with Crippen molar-refractivity contribution in [1.82, 2.24) is 0 Å². The molecular weight excluding hydrogens is 240 g/mol. The van der Waals surface area contributed by atoms with Crippen molar-refractivity contribution in [2.24, 2.45) is 0 Å². The topological polar surface area (TPSA) is 60.4 Å². The molecule has 0 amide bonds. The molecule has 1 aromatic rings. The average Bonchev–Trinajstić information content (AvgIpc) is 2.28. The number of ketones is 1. The summed E-state index contributed by atoms with van der Waals surface area (Å²) in [6.07, 6.45) is 0. The van der Waals surface area contributed by atoms with E-state index in [1.807, 2.05) is 0 Å². The molecule has 0 bridgehead atoms. The van der Waals surface area contributed by atoms with E-state index < -0.39 is 26.6 Å². The number of para-hydroxylation sites is 1. The van der Waals surface area contributed by atoms with Crippen LogP contribution >= 0.6 is 0 Å². The van der Waals surface area contributed by atoms with E-state index in [2.05, 4.69) is 0 Å². The van der Waals surface area contributed by atoms with E-state index >= 15 is 0 Å². The molecule has 0 saturated carbocycles. The second-order valence-corrected chi connectivity index (χ2v) is 6.54. The summed E-state index contributed by atoms with van der Waals surface area (Å²) in [6, 6.07) is 6.61. The van der Waals surface area contributed by atoms with Crippen LogP contribution in [0.25, 0.3) is 0 Å². The third kappa shape index (κ3) is 3.30. The summed E-state index contributed by atoms with van der Waals surface area (Å²) >= 11 is 0. The van der Waals surface area contributed by atoms with Crippen LogP contribution in [0.1, 0.15) is 24.2 Å². The monoisotopic (exact) mass is 256 g/mol. The van der Waals surface area contributed by atoms with Crippen molar-refractivity contribution in [2.75, 3.05) is 12.9 Å². The van der Waals surface area contributed by atoms with Crippen molar-refractivity contribution < 1.29 is 17.9 Å². The number of carbonyl (C=O) groups is 1. The first-order valence-electron chi connectivity index (χ1n) is 5.26. The molecule has 1 rings (SSSR count). The number of carbonyl (C=O) groups excluding carboxylic acids is 1. The minimum atomic E-state index is -3.38. The third-order valence-corrected chi connectivity index (χ3v) is 4.56. The van der Waals surface area contributed by atoms with E-state index in [4.69, 9.17) is 4.74 Å². The maximum absolute atomic E-state index is 11.9. The Bertz CT molecular complexity index is 503. The van der Waals surface area contributed by atoms with Crippen LogP contribution in [0.4, 0.5) is 0 Å². The maximum Gasteiger partial charge on any atom is 0.181 e. The molecule has 0 radical (unpaired) electrons. The van der Waals surface area contributed by atoms with Crippen LogP contribution in [0.5, 0.6) is 5.75 Å². The lowest BCUT2D eigenvalue weighted by molar-refractivity contribution is 0.101. The molecule has 0 fully saturated rings. The van der Waals surface area contributed by atoms with Gasteiger partial charge in [-0.3, -0.25) is 4.79 Å². The van der Waals surface area contributed by atoms with Crippen LogP contribution in [0.3, 0.4) is 0 Å². The van der Waals surface area contributed by atoms with Gasteiger partial charge in [-0.2, -0.15) is 0 Å². The highest BCUT2D eigenvalue weighted by Crippen LogP contribution is 2.19. The molecule has 0 atom stereocenters. The molecule has 0 N–H and O–H groups in total. The number of methoxy groups -OCH3 is 1. The van der Waals surface area contributed by atoms with Gasteiger partial charge in [0.2, 0.25) is 0 Å². The van der Waals surface area contributed by atoms with Gasteiger partial charge in [-0.05, 0) is 26.0 Å².